The molecule has 1 fully saturated rings. The molecule has 12 nitrogen and oxygen atoms in total. The lowest BCUT2D eigenvalue weighted by molar-refractivity contribution is 0.00399. The van der Waals surface area contributed by atoms with Crippen molar-refractivity contribution in [3.63, 3.8) is 0 Å². The SMILES string of the molecule is COC1CC(CN(C)c2cncc(CN3C(=O)c4cccc(c4)S(=O)(=O)Nc4nc(cc(-c5c(C)cccc5C)n4)OC[C@H]3CC(C)(C)C)n2)C1. The fraction of sp³-hybridized carbons (Fsp3) is 0.447. The fourth-order valence-corrected chi connectivity index (χ4v) is 7.86. The number of aromatic nitrogens is 4. The monoisotopic (exact) mass is 713 g/mol. The van der Waals surface area contributed by atoms with E-state index < -0.39 is 16.1 Å². The van der Waals surface area contributed by atoms with Crippen LogP contribution in [0, 0.1) is 25.2 Å². The van der Waals surface area contributed by atoms with E-state index in [1.807, 2.05) is 39.1 Å². The van der Waals surface area contributed by atoms with Crippen molar-refractivity contribution in [2.45, 2.75) is 77.5 Å². The highest BCUT2D eigenvalue weighted by atomic mass is 32.2. The topological polar surface area (TPSA) is 140 Å². The van der Waals surface area contributed by atoms with Gasteiger partial charge in [-0.1, -0.05) is 45.0 Å². The zero-order valence-electron chi connectivity index (χ0n) is 30.4. The molecule has 270 valence electrons. The molecular weight excluding hydrogens is 667 g/mol. The molecule has 1 aliphatic heterocycles. The molecule has 1 atom stereocenters. The minimum Gasteiger partial charge on any atom is -0.475 e. The number of carbonyl (C=O) groups excluding carboxylic acids is 1. The first-order valence-electron chi connectivity index (χ1n) is 17.3. The third kappa shape index (κ3) is 8.48. The maximum atomic E-state index is 14.6. The predicted octanol–water partition coefficient (Wildman–Crippen LogP) is 6.05. The number of amides is 1. The van der Waals surface area contributed by atoms with E-state index in [1.165, 1.54) is 12.1 Å². The first kappa shape index (κ1) is 36.2. The molecule has 51 heavy (non-hydrogen) atoms. The van der Waals surface area contributed by atoms with E-state index >= 15 is 0 Å². The van der Waals surface area contributed by atoms with Crippen molar-refractivity contribution in [1.82, 2.24) is 24.8 Å². The highest BCUT2D eigenvalue weighted by molar-refractivity contribution is 7.92. The Hall–Kier alpha value is -4.62. The van der Waals surface area contributed by atoms with Gasteiger partial charge in [0.2, 0.25) is 11.8 Å². The van der Waals surface area contributed by atoms with Crippen molar-refractivity contribution in [3.05, 3.63) is 83.3 Å². The molecule has 1 N–H and O–H groups in total. The van der Waals surface area contributed by atoms with Gasteiger partial charge in [-0.25, -0.2) is 23.1 Å². The van der Waals surface area contributed by atoms with Crippen LogP contribution in [-0.4, -0.2) is 78.6 Å². The van der Waals surface area contributed by atoms with Gasteiger partial charge in [-0.2, -0.15) is 4.98 Å². The summed E-state index contributed by atoms with van der Waals surface area (Å²) in [7, 11) is -0.439. The molecular formula is C38H47N7O5S. The van der Waals surface area contributed by atoms with Gasteiger partial charge in [0.1, 0.15) is 12.4 Å². The number of benzene rings is 2. The normalized spacial score (nSPS) is 20.2. The number of carbonyl (C=O) groups is 1. The van der Waals surface area contributed by atoms with Crippen LogP contribution in [0.5, 0.6) is 5.88 Å². The minimum atomic E-state index is -4.18. The predicted molar refractivity (Wildman–Crippen MR) is 196 cm³/mol. The summed E-state index contributed by atoms with van der Waals surface area (Å²) in [5.41, 5.74) is 3.95. The summed E-state index contributed by atoms with van der Waals surface area (Å²) in [6.07, 6.45) is 6.30. The number of sulfonamides is 1. The summed E-state index contributed by atoms with van der Waals surface area (Å²) < 4.78 is 41.9. The van der Waals surface area contributed by atoms with Gasteiger partial charge < -0.3 is 19.3 Å². The number of aryl methyl sites for hydroxylation is 2. The second kappa shape index (κ2) is 14.5. The summed E-state index contributed by atoms with van der Waals surface area (Å²) in [5, 5.41) is 0. The van der Waals surface area contributed by atoms with E-state index in [2.05, 4.69) is 45.3 Å². The molecule has 0 unspecified atom stereocenters. The molecule has 2 aliphatic rings. The van der Waals surface area contributed by atoms with Crippen LogP contribution >= 0.6 is 0 Å². The van der Waals surface area contributed by atoms with Gasteiger partial charge in [-0.15, -0.1) is 0 Å². The van der Waals surface area contributed by atoms with Crippen LogP contribution in [0.2, 0.25) is 0 Å². The molecule has 3 heterocycles. The molecule has 0 radical (unpaired) electrons. The van der Waals surface area contributed by atoms with E-state index in [4.69, 9.17) is 14.5 Å². The lowest BCUT2D eigenvalue weighted by Crippen LogP contribution is -2.45. The first-order valence-corrected chi connectivity index (χ1v) is 18.7. The van der Waals surface area contributed by atoms with Crippen molar-refractivity contribution >= 4 is 27.7 Å². The second-order valence-corrected chi connectivity index (χ2v) is 16.6. The number of methoxy groups -OCH3 is 1. The Balaban J connectivity index is 1.40. The lowest BCUT2D eigenvalue weighted by atomic mass is 9.82. The van der Waals surface area contributed by atoms with Crippen LogP contribution in [0.1, 0.15) is 67.2 Å². The molecule has 2 aromatic heterocycles. The zero-order chi connectivity index (χ0) is 36.5. The minimum absolute atomic E-state index is 0.0846. The average molecular weight is 714 g/mol. The molecule has 1 aliphatic carbocycles. The maximum absolute atomic E-state index is 14.6. The van der Waals surface area contributed by atoms with Crippen molar-refractivity contribution in [2.75, 3.05) is 36.9 Å². The molecule has 4 aromatic rings. The number of hydrogen-bond acceptors (Lipinski definition) is 10. The Morgan fingerprint density at radius 2 is 1.75 bits per heavy atom. The third-order valence-corrected chi connectivity index (χ3v) is 10.8. The average Bonchev–Trinajstić information content (AvgIpc) is 3.06. The summed E-state index contributed by atoms with van der Waals surface area (Å²) in [5.74, 6) is 0.935. The molecule has 4 bridgehead atoms. The number of hydrogen-bond donors (Lipinski definition) is 1. The van der Waals surface area contributed by atoms with Gasteiger partial charge in [0.15, 0.2) is 0 Å². The van der Waals surface area contributed by atoms with Gasteiger partial charge in [-0.05, 0) is 73.8 Å². The van der Waals surface area contributed by atoms with E-state index in [-0.39, 0.29) is 46.8 Å². The first-order chi connectivity index (χ1) is 24.2. The lowest BCUT2D eigenvalue weighted by Gasteiger charge is -2.37. The van der Waals surface area contributed by atoms with Crippen LogP contribution in [0.15, 0.2) is 65.8 Å². The zero-order valence-corrected chi connectivity index (χ0v) is 31.2. The van der Waals surface area contributed by atoms with Crippen molar-refractivity contribution in [3.8, 4) is 17.1 Å². The van der Waals surface area contributed by atoms with Gasteiger partial charge in [0.05, 0.1) is 47.4 Å². The smallest absolute Gasteiger partial charge is 0.264 e. The molecule has 1 amide bonds. The summed E-state index contributed by atoms with van der Waals surface area (Å²) in [6.45, 7) is 11.3. The van der Waals surface area contributed by atoms with E-state index in [1.54, 1.807) is 42.6 Å². The number of ether oxygens (including phenoxy) is 2. The number of rotatable bonds is 8. The largest absolute Gasteiger partial charge is 0.475 e. The van der Waals surface area contributed by atoms with Crippen molar-refractivity contribution in [2.24, 2.45) is 11.3 Å². The Bertz CT molecular complexity index is 1990. The number of anilines is 2. The highest BCUT2D eigenvalue weighted by Crippen LogP contribution is 2.33. The quantitative estimate of drug-likeness (QED) is 0.230. The fourth-order valence-electron chi connectivity index (χ4n) is 6.87. The van der Waals surface area contributed by atoms with Crippen LogP contribution in [0.25, 0.3) is 11.3 Å². The standard InChI is InChI=1S/C38H47N7O5S/c1-24-10-8-11-25(2)35(24)32-17-34-42-37(41-32)43-51(47,48)31-13-9-12-27(16-31)36(46)45(29(23-50-34)18-38(3,4)5)22-28-19-39-20-33(40-28)44(6)21-26-14-30(15-26)49-7/h8-13,16-17,19-20,26,29-30H,14-15,18,21-23H2,1-7H3,(H,41,42,43)/t26?,29-,30?/m1/s1. The summed E-state index contributed by atoms with van der Waals surface area (Å²) >= 11 is 0. The van der Waals surface area contributed by atoms with Gasteiger partial charge >= 0.3 is 0 Å². The Kier molecular flexibility index (Phi) is 10.3. The van der Waals surface area contributed by atoms with E-state index in [0.717, 1.165) is 36.1 Å². The van der Waals surface area contributed by atoms with Gasteiger partial charge in [-0.3, -0.25) is 9.78 Å². The molecule has 6 rings (SSSR count). The molecule has 1 saturated carbocycles. The second-order valence-electron chi connectivity index (χ2n) is 14.9. The summed E-state index contributed by atoms with van der Waals surface area (Å²) in [4.78, 5) is 36.8. The van der Waals surface area contributed by atoms with E-state index in [0.29, 0.717) is 35.6 Å². The van der Waals surface area contributed by atoms with Crippen molar-refractivity contribution in [1.29, 1.82) is 0 Å². The van der Waals surface area contributed by atoms with Crippen LogP contribution in [-0.2, 0) is 21.3 Å². The highest BCUT2D eigenvalue weighted by Gasteiger charge is 2.33. The van der Waals surface area contributed by atoms with Crippen molar-refractivity contribution < 1.29 is 22.7 Å². The number of fused-ring (bicyclic) bond motifs is 4. The molecule has 2 aromatic carbocycles. The Labute approximate surface area is 300 Å². The Morgan fingerprint density at radius 1 is 1.02 bits per heavy atom. The third-order valence-electron chi connectivity index (χ3n) is 9.48. The number of nitrogens with zero attached hydrogens (tertiary/aromatic N) is 6. The molecule has 0 spiro atoms. The maximum Gasteiger partial charge on any atom is 0.264 e. The molecule has 0 saturated heterocycles. The molecule has 13 heteroatoms. The number of nitrogens with one attached hydrogen (secondary N) is 1. The Morgan fingerprint density at radius 3 is 2.45 bits per heavy atom. The van der Waals surface area contributed by atoms with Gasteiger partial charge in [0.25, 0.3) is 15.9 Å². The van der Waals surface area contributed by atoms with E-state index in [9.17, 15) is 13.2 Å². The van der Waals surface area contributed by atoms with Gasteiger partial charge in [0, 0.05) is 37.9 Å². The van der Waals surface area contributed by atoms with Crippen LogP contribution < -0.4 is 14.4 Å². The summed E-state index contributed by atoms with van der Waals surface area (Å²) in [6, 6.07) is 13.2. The van der Waals surface area contributed by atoms with Crippen LogP contribution in [0.4, 0.5) is 11.8 Å². The van der Waals surface area contributed by atoms with Crippen LogP contribution in [0.3, 0.4) is 0 Å².